The van der Waals surface area contributed by atoms with Crippen LogP contribution in [0.2, 0.25) is 0 Å². The first-order valence-electron chi connectivity index (χ1n) is 2.72. The fourth-order valence-corrected chi connectivity index (χ4v) is 0.835. The van der Waals surface area contributed by atoms with Gasteiger partial charge in [0.05, 0.1) is 12.4 Å². The first kappa shape index (κ1) is 8.09. The van der Waals surface area contributed by atoms with Crippen molar-refractivity contribution in [2.24, 2.45) is 5.84 Å². The molecule has 0 unspecified atom stereocenters. The Bertz CT molecular complexity index is 277. The number of nitrogens with two attached hydrogens (primary N) is 1. The van der Waals surface area contributed by atoms with Gasteiger partial charge in [0.2, 0.25) is 0 Å². The van der Waals surface area contributed by atoms with Crippen molar-refractivity contribution in [3.05, 3.63) is 22.7 Å². The van der Waals surface area contributed by atoms with Gasteiger partial charge in [-0.05, 0) is 15.9 Å². The molecular formula is C5H5BrN4O. The minimum atomic E-state index is -0.459. The second-order valence-electron chi connectivity index (χ2n) is 1.70. The van der Waals surface area contributed by atoms with Gasteiger partial charge in [-0.1, -0.05) is 0 Å². The summed E-state index contributed by atoms with van der Waals surface area (Å²) in [7, 11) is 0. The number of hydrogen-bond acceptors (Lipinski definition) is 4. The third-order valence-corrected chi connectivity index (χ3v) is 1.35. The van der Waals surface area contributed by atoms with E-state index in [-0.39, 0.29) is 5.69 Å². The number of hydrazine groups is 1. The molecule has 0 aliphatic carbocycles. The van der Waals surface area contributed by atoms with Crippen LogP contribution < -0.4 is 11.3 Å². The molecule has 0 aliphatic heterocycles. The molecule has 1 heterocycles. The molecule has 0 aliphatic rings. The predicted octanol–water partition coefficient (Wildman–Crippen LogP) is -0.157. The molecule has 0 fully saturated rings. The molecule has 5 nitrogen and oxygen atoms in total. The lowest BCUT2D eigenvalue weighted by molar-refractivity contribution is 0.0948. The fraction of sp³-hybridized carbons (Fsp3) is 0. The molecule has 0 spiro atoms. The van der Waals surface area contributed by atoms with E-state index in [1.165, 1.54) is 12.4 Å². The minimum absolute atomic E-state index is 0.182. The first-order chi connectivity index (χ1) is 5.24. The highest BCUT2D eigenvalue weighted by atomic mass is 79.9. The molecule has 58 valence electrons. The SMILES string of the molecule is NNC(=O)c1cncc(Br)n1. The van der Waals surface area contributed by atoms with Gasteiger partial charge in [-0.15, -0.1) is 0 Å². The number of rotatable bonds is 1. The number of carbonyl (C=O) groups excluding carboxylic acids is 1. The number of hydrogen-bond donors (Lipinski definition) is 2. The van der Waals surface area contributed by atoms with Gasteiger partial charge < -0.3 is 0 Å². The number of amides is 1. The second kappa shape index (κ2) is 3.40. The Balaban J connectivity index is 2.96. The summed E-state index contributed by atoms with van der Waals surface area (Å²) >= 11 is 3.07. The van der Waals surface area contributed by atoms with E-state index in [0.717, 1.165) is 0 Å². The molecule has 0 bridgehead atoms. The maximum Gasteiger partial charge on any atom is 0.285 e. The molecule has 1 aromatic rings. The van der Waals surface area contributed by atoms with Crippen LogP contribution in [0.3, 0.4) is 0 Å². The first-order valence-corrected chi connectivity index (χ1v) is 3.52. The van der Waals surface area contributed by atoms with E-state index in [2.05, 4.69) is 25.9 Å². The molecule has 0 atom stereocenters. The summed E-state index contributed by atoms with van der Waals surface area (Å²) in [6.45, 7) is 0. The Kier molecular flexibility index (Phi) is 2.50. The van der Waals surface area contributed by atoms with Crippen LogP contribution in [0, 0.1) is 0 Å². The smallest absolute Gasteiger partial charge is 0.285 e. The fourth-order valence-electron chi connectivity index (χ4n) is 0.526. The molecular weight excluding hydrogens is 212 g/mol. The van der Waals surface area contributed by atoms with Crippen molar-refractivity contribution >= 4 is 21.8 Å². The van der Waals surface area contributed by atoms with Crippen LogP contribution in [-0.4, -0.2) is 15.9 Å². The third-order valence-electron chi connectivity index (χ3n) is 0.969. The molecule has 1 rings (SSSR count). The molecule has 0 radical (unpaired) electrons. The topological polar surface area (TPSA) is 80.9 Å². The summed E-state index contributed by atoms with van der Waals surface area (Å²) in [5.41, 5.74) is 2.13. The van der Waals surface area contributed by atoms with Crippen LogP contribution >= 0.6 is 15.9 Å². The predicted molar refractivity (Wildman–Crippen MR) is 41.4 cm³/mol. The van der Waals surface area contributed by atoms with Crippen LogP contribution in [0.15, 0.2) is 17.0 Å². The third kappa shape index (κ3) is 1.95. The van der Waals surface area contributed by atoms with Gasteiger partial charge in [-0.25, -0.2) is 10.8 Å². The Hall–Kier alpha value is -1.01. The van der Waals surface area contributed by atoms with Crippen molar-refractivity contribution in [3.63, 3.8) is 0 Å². The Morgan fingerprint density at radius 1 is 1.64 bits per heavy atom. The van der Waals surface area contributed by atoms with E-state index in [9.17, 15) is 4.79 Å². The van der Waals surface area contributed by atoms with E-state index in [1.807, 2.05) is 5.43 Å². The molecule has 1 aromatic heterocycles. The molecule has 0 saturated carbocycles. The molecule has 3 N–H and O–H groups in total. The molecule has 0 saturated heterocycles. The Morgan fingerprint density at radius 2 is 2.36 bits per heavy atom. The highest BCUT2D eigenvalue weighted by Gasteiger charge is 2.04. The van der Waals surface area contributed by atoms with Gasteiger partial charge >= 0.3 is 0 Å². The highest BCUT2D eigenvalue weighted by Crippen LogP contribution is 2.02. The zero-order chi connectivity index (χ0) is 8.27. The number of nitrogen functional groups attached to an aromatic ring is 1. The lowest BCUT2D eigenvalue weighted by atomic mass is 10.4. The van der Waals surface area contributed by atoms with Crippen LogP contribution in [0.5, 0.6) is 0 Å². The van der Waals surface area contributed by atoms with Crippen LogP contribution in [0.4, 0.5) is 0 Å². The van der Waals surface area contributed by atoms with E-state index >= 15 is 0 Å². The quantitative estimate of drug-likeness (QED) is 0.389. The summed E-state index contributed by atoms with van der Waals surface area (Å²) in [4.78, 5) is 18.3. The molecule has 11 heavy (non-hydrogen) atoms. The van der Waals surface area contributed by atoms with Crippen molar-refractivity contribution in [1.82, 2.24) is 15.4 Å². The number of aromatic nitrogens is 2. The largest absolute Gasteiger partial charge is 0.289 e. The average molecular weight is 217 g/mol. The molecule has 1 amide bonds. The summed E-state index contributed by atoms with van der Waals surface area (Å²) in [5, 5.41) is 0. The average Bonchev–Trinajstić information content (AvgIpc) is 2.03. The van der Waals surface area contributed by atoms with Gasteiger partial charge in [0.1, 0.15) is 10.3 Å². The van der Waals surface area contributed by atoms with Crippen molar-refractivity contribution in [3.8, 4) is 0 Å². The molecule has 0 aromatic carbocycles. The van der Waals surface area contributed by atoms with Crippen LogP contribution in [0.1, 0.15) is 10.5 Å². The summed E-state index contributed by atoms with van der Waals surface area (Å²) in [6.07, 6.45) is 2.81. The lowest BCUT2D eigenvalue weighted by Crippen LogP contribution is -2.30. The van der Waals surface area contributed by atoms with E-state index < -0.39 is 5.91 Å². The van der Waals surface area contributed by atoms with Crippen molar-refractivity contribution < 1.29 is 4.79 Å². The van der Waals surface area contributed by atoms with Crippen molar-refractivity contribution in [1.29, 1.82) is 0 Å². The number of nitrogens with one attached hydrogen (secondary N) is 1. The zero-order valence-corrected chi connectivity index (χ0v) is 7.00. The number of carbonyl (C=O) groups is 1. The normalized spacial score (nSPS) is 9.27. The van der Waals surface area contributed by atoms with Crippen molar-refractivity contribution in [2.75, 3.05) is 0 Å². The van der Waals surface area contributed by atoms with Crippen LogP contribution in [0.25, 0.3) is 0 Å². The van der Waals surface area contributed by atoms with Crippen molar-refractivity contribution in [2.45, 2.75) is 0 Å². The molecule has 6 heteroatoms. The van der Waals surface area contributed by atoms with Gasteiger partial charge in [0.25, 0.3) is 5.91 Å². The summed E-state index contributed by atoms with van der Waals surface area (Å²) < 4.78 is 0.499. The summed E-state index contributed by atoms with van der Waals surface area (Å²) in [5.74, 6) is 4.41. The monoisotopic (exact) mass is 216 g/mol. The van der Waals surface area contributed by atoms with E-state index in [1.54, 1.807) is 0 Å². The van der Waals surface area contributed by atoms with Gasteiger partial charge in [-0.2, -0.15) is 0 Å². The number of halogens is 1. The van der Waals surface area contributed by atoms with Gasteiger partial charge in [-0.3, -0.25) is 15.2 Å². The Labute approximate surface area is 71.1 Å². The van der Waals surface area contributed by atoms with E-state index in [4.69, 9.17) is 5.84 Å². The standard InChI is InChI=1S/C5H5BrN4O/c6-4-2-8-1-3(9-4)5(11)10-7/h1-2H,7H2,(H,10,11). The van der Waals surface area contributed by atoms with Gasteiger partial charge in [0, 0.05) is 0 Å². The maximum absolute atomic E-state index is 10.8. The Morgan fingerprint density at radius 3 is 2.91 bits per heavy atom. The van der Waals surface area contributed by atoms with Gasteiger partial charge in [0.15, 0.2) is 0 Å². The summed E-state index contributed by atoms with van der Waals surface area (Å²) in [6, 6.07) is 0. The van der Waals surface area contributed by atoms with E-state index in [0.29, 0.717) is 4.60 Å². The highest BCUT2D eigenvalue weighted by molar-refractivity contribution is 9.10. The lowest BCUT2D eigenvalue weighted by Gasteiger charge is -1.96. The van der Waals surface area contributed by atoms with Crippen LogP contribution in [-0.2, 0) is 0 Å². The zero-order valence-electron chi connectivity index (χ0n) is 5.41. The second-order valence-corrected chi connectivity index (χ2v) is 2.51. The minimum Gasteiger partial charge on any atom is -0.289 e. The maximum atomic E-state index is 10.8. The number of nitrogens with zero attached hydrogens (tertiary/aromatic N) is 2.